The Morgan fingerprint density at radius 3 is 2.83 bits per heavy atom. The van der Waals surface area contributed by atoms with Crippen molar-refractivity contribution in [1.82, 2.24) is 4.98 Å². The van der Waals surface area contributed by atoms with Crippen molar-refractivity contribution in [3.05, 3.63) is 48.2 Å². The van der Waals surface area contributed by atoms with Crippen LogP contribution in [0.1, 0.15) is 10.4 Å². The van der Waals surface area contributed by atoms with Crippen molar-refractivity contribution in [1.29, 1.82) is 0 Å². The molecule has 0 spiro atoms. The molecular formula is C13H11NO3S. The number of benzene rings is 1. The molecule has 0 radical (unpaired) electrons. The van der Waals surface area contributed by atoms with Gasteiger partial charge in [0, 0.05) is 17.2 Å². The monoisotopic (exact) mass is 261 g/mol. The van der Waals surface area contributed by atoms with Crippen LogP contribution in [0.5, 0.6) is 11.6 Å². The highest BCUT2D eigenvalue weighted by atomic mass is 32.2. The molecule has 0 saturated carbocycles. The van der Waals surface area contributed by atoms with Crippen LogP contribution in [0.3, 0.4) is 0 Å². The molecule has 1 aromatic carbocycles. The van der Waals surface area contributed by atoms with E-state index in [1.807, 2.05) is 30.5 Å². The number of nitrogens with zero attached hydrogens (tertiary/aromatic N) is 1. The second-order valence-corrected chi connectivity index (χ2v) is 4.29. The van der Waals surface area contributed by atoms with Gasteiger partial charge >= 0.3 is 5.97 Å². The lowest BCUT2D eigenvalue weighted by Gasteiger charge is -2.08. The van der Waals surface area contributed by atoms with Crippen LogP contribution in [0.2, 0.25) is 0 Å². The van der Waals surface area contributed by atoms with Crippen LogP contribution in [0, 0.1) is 0 Å². The van der Waals surface area contributed by atoms with Crippen molar-refractivity contribution in [2.24, 2.45) is 0 Å². The molecule has 1 N–H and O–H groups in total. The van der Waals surface area contributed by atoms with E-state index in [-0.39, 0.29) is 11.4 Å². The Labute approximate surface area is 109 Å². The highest BCUT2D eigenvalue weighted by Gasteiger charge is 2.07. The molecule has 5 heteroatoms. The molecule has 1 aromatic heterocycles. The van der Waals surface area contributed by atoms with Crippen molar-refractivity contribution >= 4 is 17.7 Å². The predicted octanol–water partition coefficient (Wildman–Crippen LogP) is 3.29. The van der Waals surface area contributed by atoms with Crippen LogP contribution in [0.4, 0.5) is 0 Å². The van der Waals surface area contributed by atoms with Crippen molar-refractivity contribution in [2.45, 2.75) is 4.90 Å². The van der Waals surface area contributed by atoms with Crippen LogP contribution >= 0.6 is 11.8 Å². The van der Waals surface area contributed by atoms with E-state index in [9.17, 15) is 4.79 Å². The van der Waals surface area contributed by atoms with Crippen LogP contribution in [0.25, 0.3) is 0 Å². The lowest BCUT2D eigenvalue weighted by molar-refractivity contribution is 0.0696. The molecule has 18 heavy (non-hydrogen) atoms. The normalized spacial score (nSPS) is 10.1. The summed E-state index contributed by atoms with van der Waals surface area (Å²) in [5, 5.41) is 8.89. The maximum absolute atomic E-state index is 10.8. The molecule has 0 aliphatic heterocycles. The molecule has 2 aromatic rings. The number of carboxylic acids is 1. The topological polar surface area (TPSA) is 59.4 Å². The van der Waals surface area contributed by atoms with Crippen molar-refractivity contribution in [3.63, 3.8) is 0 Å². The van der Waals surface area contributed by atoms with Gasteiger partial charge in [-0.25, -0.2) is 9.78 Å². The van der Waals surface area contributed by atoms with Gasteiger partial charge in [0.05, 0.1) is 5.56 Å². The summed E-state index contributed by atoms with van der Waals surface area (Å²) in [5.74, 6) is -0.0585. The third-order valence-corrected chi connectivity index (χ3v) is 3.04. The fourth-order valence-corrected chi connectivity index (χ4v) is 1.94. The first-order valence-corrected chi connectivity index (χ1v) is 6.43. The zero-order valence-electron chi connectivity index (χ0n) is 9.66. The Morgan fingerprint density at radius 1 is 1.33 bits per heavy atom. The van der Waals surface area contributed by atoms with Gasteiger partial charge in [-0.3, -0.25) is 0 Å². The second kappa shape index (κ2) is 5.55. The Hall–Kier alpha value is -2.01. The van der Waals surface area contributed by atoms with Gasteiger partial charge in [-0.05, 0) is 24.5 Å². The lowest BCUT2D eigenvalue weighted by atomic mass is 10.3. The minimum atomic E-state index is -1.000. The number of carboxylic acid groups (broad SMARTS) is 1. The molecule has 0 bridgehead atoms. The van der Waals surface area contributed by atoms with E-state index in [0.717, 1.165) is 4.90 Å². The third kappa shape index (κ3) is 2.81. The first kappa shape index (κ1) is 12.4. The summed E-state index contributed by atoms with van der Waals surface area (Å²) in [7, 11) is 0. The highest BCUT2D eigenvalue weighted by molar-refractivity contribution is 7.98. The van der Waals surface area contributed by atoms with E-state index in [1.54, 1.807) is 11.8 Å². The summed E-state index contributed by atoms with van der Waals surface area (Å²) in [6, 6.07) is 10.4. The minimum Gasteiger partial charge on any atom is -0.478 e. The number of para-hydroxylation sites is 1. The van der Waals surface area contributed by atoms with E-state index >= 15 is 0 Å². The van der Waals surface area contributed by atoms with Crippen molar-refractivity contribution < 1.29 is 14.6 Å². The Kier molecular flexibility index (Phi) is 3.84. The lowest BCUT2D eigenvalue weighted by Crippen LogP contribution is -1.97. The molecule has 0 aliphatic carbocycles. The summed E-state index contributed by atoms with van der Waals surface area (Å²) in [6.45, 7) is 0. The van der Waals surface area contributed by atoms with Crippen LogP contribution < -0.4 is 4.74 Å². The SMILES string of the molecule is CSc1ccccc1Oc1cc(C(=O)O)ccn1. The molecule has 0 saturated heterocycles. The fraction of sp³-hybridized carbons (Fsp3) is 0.0769. The molecule has 2 rings (SSSR count). The number of rotatable bonds is 4. The fourth-order valence-electron chi connectivity index (χ4n) is 1.41. The number of hydrogen-bond acceptors (Lipinski definition) is 4. The first-order chi connectivity index (χ1) is 8.70. The Morgan fingerprint density at radius 2 is 2.11 bits per heavy atom. The van der Waals surface area contributed by atoms with Crippen molar-refractivity contribution in [3.8, 4) is 11.6 Å². The summed E-state index contributed by atoms with van der Waals surface area (Å²) in [4.78, 5) is 15.8. The average Bonchev–Trinajstić information content (AvgIpc) is 2.39. The number of aromatic carboxylic acids is 1. The van der Waals surface area contributed by atoms with Gasteiger partial charge in [0.25, 0.3) is 0 Å². The van der Waals surface area contributed by atoms with Crippen LogP contribution in [0.15, 0.2) is 47.5 Å². The third-order valence-electron chi connectivity index (χ3n) is 2.27. The van der Waals surface area contributed by atoms with E-state index in [4.69, 9.17) is 9.84 Å². The van der Waals surface area contributed by atoms with E-state index < -0.39 is 5.97 Å². The number of carbonyl (C=O) groups is 1. The number of hydrogen-bond donors (Lipinski definition) is 1. The van der Waals surface area contributed by atoms with Crippen molar-refractivity contribution in [2.75, 3.05) is 6.26 Å². The molecule has 0 atom stereocenters. The standard InChI is InChI=1S/C13H11NO3S/c1-18-11-5-3-2-4-10(11)17-12-8-9(13(15)16)6-7-14-12/h2-8H,1H3,(H,15,16). The van der Waals surface area contributed by atoms with Gasteiger partial charge in [0.1, 0.15) is 5.75 Å². The Bertz CT molecular complexity index is 572. The molecular weight excluding hydrogens is 250 g/mol. The Balaban J connectivity index is 2.28. The van der Waals surface area contributed by atoms with Gasteiger partial charge in [-0.1, -0.05) is 12.1 Å². The zero-order valence-corrected chi connectivity index (χ0v) is 10.5. The summed E-state index contributed by atoms with van der Waals surface area (Å²) >= 11 is 1.56. The molecule has 4 nitrogen and oxygen atoms in total. The van der Waals surface area contributed by atoms with E-state index in [0.29, 0.717) is 5.75 Å². The van der Waals surface area contributed by atoms with Gasteiger partial charge < -0.3 is 9.84 Å². The van der Waals surface area contributed by atoms with Gasteiger partial charge in [0.2, 0.25) is 5.88 Å². The zero-order chi connectivity index (χ0) is 13.0. The smallest absolute Gasteiger partial charge is 0.335 e. The van der Waals surface area contributed by atoms with E-state index in [2.05, 4.69) is 4.98 Å². The van der Waals surface area contributed by atoms with Crippen LogP contribution in [-0.2, 0) is 0 Å². The summed E-state index contributed by atoms with van der Waals surface area (Å²) in [6.07, 6.45) is 3.36. The molecule has 0 fully saturated rings. The van der Waals surface area contributed by atoms with Gasteiger partial charge in [-0.2, -0.15) is 0 Å². The van der Waals surface area contributed by atoms with E-state index in [1.165, 1.54) is 18.3 Å². The molecule has 1 heterocycles. The number of pyridine rings is 1. The maximum atomic E-state index is 10.8. The molecule has 0 unspecified atom stereocenters. The second-order valence-electron chi connectivity index (χ2n) is 3.44. The molecule has 0 aliphatic rings. The molecule has 0 amide bonds. The number of ether oxygens (including phenoxy) is 1. The minimum absolute atomic E-state index is 0.154. The number of thioether (sulfide) groups is 1. The first-order valence-electron chi connectivity index (χ1n) is 5.21. The molecule has 92 valence electrons. The summed E-state index contributed by atoms with van der Waals surface area (Å²) in [5.41, 5.74) is 0.154. The number of aromatic nitrogens is 1. The highest BCUT2D eigenvalue weighted by Crippen LogP contribution is 2.30. The predicted molar refractivity (Wildman–Crippen MR) is 69.5 cm³/mol. The van der Waals surface area contributed by atoms with Gasteiger partial charge in [-0.15, -0.1) is 11.8 Å². The van der Waals surface area contributed by atoms with Gasteiger partial charge in [0.15, 0.2) is 0 Å². The average molecular weight is 261 g/mol. The largest absolute Gasteiger partial charge is 0.478 e. The maximum Gasteiger partial charge on any atom is 0.335 e. The summed E-state index contributed by atoms with van der Waals surface area (Å²) < 4.78 is 5.60. The van der Waals surface area contributed by atoms with Crippen LogP contribution in [-0.4, -0.2) is 22.3 Å². The quantitative estimate of drug-likeness (QED) is 0.856.